The summed E-state index contributed by atoms with van der Waals surface area (Å²) in [6.45, 7) is 0. The van der Waals surface area contributed by atoms with Crippen molar-refractivity contribution in [1.29, 1.82) is 0 Å². The predicted molar refractivity (Wildman–Crippen MR) is 121 cm³/mol. The Kier molecular flexibility index (Phi) is 5.95. The molecule has 2 aromatic carbocycles. The summed E-state index contributed by atoms with van der Waals surface area (Å²) in [5.41, 5.74) is 0.423. The lowest BCUT2D eigenvalue weighted by Gasteiger charge is -2.32. The van der Waals surface area contributed by atoms with Gasteiger partial charge in [0.25, 0.3) is 0 Å². The van der Waals surface area contributed by atoms with Gasteiger partial charge >= 0.3 is 0 Å². The summed E-state index contributed by atoms with van der Waals surface area (Å²) < 4.78 is 25.0. The van der Waals surface area contributed by atoms with Crippen LogP contribution < -0.4 is 0 Å². The number of nitrogens with zero attached hydrogens (tertiary/aromatic N) is 2. The molecule has 1 aliphatic heterocycles. The largest absolute Gasteiger partial charge is 0.366 e. The van der Waals surface area contributed by atoms with Crippen molar-refractivity contribution in [2.75, 3.05) is 20.4 Å². The fraction of sp³-hybridized carbons (Fsp3) is 0.316. The van der Waals surface area contributed by atoms with Crippen LogP contribution >= 0.6 is 40.5 Å². The van der Waals surface area contributed by atoms with Crippen molar-refractivity contribution in [3.63, 3.8) is 0 Å². The van der Waals surface area contributed by atoms with Crippen LogP contribution in [-0.2, 0) is 22.0 Å². The highest BCUT2D eigenvalue weighted by atomic mass is 79.9. The Balaban J connectivity index is 0.00000225. The molecule has 2 unspecified atom stereocenters. The Hall–Kier alpha value is -1.00. The number of rotatable bonds is 3. The number of thioether (sulfide) groups is 1. The molecule has 1 heterocycles. The van der Waals surface area contributed by atoms with E-state index in [0.29, 0.717) is 16.9 Å². The van der Waals surface area contributed by atoms with Crippen molar-refractivity contribution in [3.05, 3.63) is 53.6 Å². The van der Waals surface area contributed by atoms with Gasteiger partial charge in [0.15, 0.2) is 20.7 Å². The van der Waals surface area contributed by atoms with E-state index in [9.17, 15) is 13.5 Å². The molecule has 2 atom stereocenters. The lowest BCUT2D eigenvalue weighted by Crippen LogP contribution is -2.44. The summed E-state index contributed by atoms with van der Waals surface area (Å²) >= 11 is 2.97. The number of benzene rings is 2. The van der Waals surface area contributed by atoms with Crippen molar-refractivity contribution < 1.29 is 13.5 Å². The first-order valence-corrected chi connectivity index (χ1v) is 12.0. The van der Waals surface area contributed by atoms with Crippen molar-refractivity contribution >= 4 is 55.5 Å². The van der Waals surface area contributed by atoms with E-state index in [1.807, 2.05) is 36.4 Å². The molecule has 5 nitrogen and oxygen atoms in total. The molecule has 4 rings (SSSR count). The van der Waals surface area contributed by atoms with Crippen LogP contribution in [0.25, 0.3) is 0 Å². The van der Waals surface area contributed by atoms with Crippen LogP contribution in [0.3, 0.4) is 0 Å². The van der Waals surface area contributed by atoms with Crippen molar-refractivity contribution in [1.82, 2.24) is 4.90 Å². The number of hydrogen-bond donors (Lipinski definition) is 1. The SMILES string of the molecule is Br.CN=C1SC2Cc3cc(Sc4ccccc4)c(S(C)(=O)=O)cc3C2(O)N1C. The first kappa shape index (κ1) is 21.7. The summed E-state index contributed by atoms with van der Waals surface area (Å²) in [7, 11) is 0.0481. The Labute approximate surface area is 184 Å². The van der Waals surface area contributed by atoms with Gasteiger partial charge in [0.2, 0.25) is 0 Å². The number of aliphatic imine (C=N–C) groups is 1. The molecule has 0 bridgehead atoms. The van der Waals surface area contributed by atoms with Gasteiger partial charge in [-0.25, -0.2) is 8.42 Å². The average Bonchev–Trinajstić information content (AvgIpc) is 3.03. The highest BCUT2D eigenvalue weighted by Gasteiger charge is 2.56. The maximum absolute atomic E-state index is 12.5. The van der Waals surface area contributed by atoms with Crippen LogP contribution in [0.15, 0.2) is 62.1 Å². The number of aliphatic hydroxyl groups is 1. The van der Waals surface area contributed by atoms with E-state index in [1.165, 1.54) is 29.8 Å². The van der Waals surface area contributed by atoms with Crippen LogP contribution in [-0.4, -0.2) is 49.2 Å². The number of hydrogen-bond acceptors (Lipinski definition) is 6. The first-order valence-electron chi connectivity index (χ1n) is 8.45. The molecular formula is C19H21BrN2O3S3. The quantitative estimate of drug-likeness (QED) is 0.694. The molecule has 1 aliphatic carbocycles. The second-order valence-corrected chi connectivity index (χ2v) is 11.0. The van der Waals surface area contributed by atoms with Gasteiger partial charge in [-0.2, -0.15) is 0 Å². The van der Waals surface area contributed by atoms with Crippen LogP contribution in [0.5, 0.6) is 0 Å². The standard InChI is InChI=1S/C19H20N2O3S3.BrH/c1-20-18-21(2)19(22)14-11-16(27(3,23)24)15(9-12(14)10-17(19)26-18)25-13-7-5-4-6-8-13;/h4-9,11,17,22H,10H2,1-3H3;1H. The summed E-state index contributed by atoms with van der Waals surface area (Å²) in [6, 6.07) is 13.3. The zero-order chi connectivity index (χ0) is 19.4. The number of amidine groups is 1. The van der Waals surface area contributed by atoms with E-state index in [1.54, 1.807) is 25.1 Å². The second kappa shape index (κ2) is 7.68. The molecule has 2 aliphatic rings. The Morgan fingerprint density at radius 2 is 1.96 bits per heavy atom. The lowest BCUT2D eigenvalue weighted by atomic mass is 10.0. The van der Waals surface area contributed by atoms with E-state index in [4.69, 9.17) is 0 Å². The third-order valence-electron chi connectivity index (χ3n) is 5.03. The van der Waals surface area contributed by atoms with Crippen LogP contribution in [0.1, 0.15) is 11.1 Å². The summed E-state index contributed by atoms with van der Waals surface area (Å²) in [5.74, 6) is 0. The number of halogens is 1. The first-order chi connectivity index (χ1) is 12.7. The van der Waals surface area contributed by atoms with Crippen molar-refractivity contribution in [3.8, 4) is 0 Å². The predicted octanol–water partition coefficient (Wildman–Crippen LogP) is 3.55. The van der Waals surface area contributed by atoms with Gasteiger partial charge in [0.05, 0.1) is 10.1 Å². The number of fused-ring (bicyclic) bond motifs is 3. The fourth-order valence-corrected chi connectivity index (χ4v) is 7.30. The van der Waals surface area contributed by atoms with Crippen LogP contribution in [0, 0.1) is 0 Å². The molecule has 2 aromatic rings. The Morgan fingerprint density at radius 3 is 2.57 bits per heavy atom. The minimum absolute atomic E-state index is 0. The summed E-state index contributed by atoms with van der Waals surface area (Å²) in [6.07, 6.45) is 1.89. The van der Waals surface area contributed by atoms with Crippen LogP contribution in [0.2, 0.25) is 0 Å². The number of sulfone groups is 1. The molecule has 28 heavy (non-hydrogen) atoms. The minimum Gasteiger partial charge on any atom is -0.366 e. The molecule has 0 radical (unpaired) electrons. The molecule has 0 saturated carbocycles. The molecule has 1 fully saturated rings. The van der Waals surface area contributed by atoms with Crippen molar-refractivity contribution in [2.45, 2.75) is 32.1 Å². The van der Waals surface area contributed by atoms with E-state index in [0.717, 1.165) is 15.6 Å². The fourth-order valence-electron chi connectivity index (χ4n) is 3.69. The Morgan fingerprint density at radius 1 is 1.29 bits per heavy atom. The summed E-state index contributed by atoms with van der Waals surface area (Å²) in [4.78, 5) is 7.92. The smallest absolute Gasteiger partial charge is 0.178 e. The van der Waals surface area contributed by atoms with E-state index in [-0.39, 0.29) is 27.1 Å². The summed E-state index contributed by atoms with van der Waals surface area (Å²) in [5, 5.41) is 12.1. The maximum atomic E-state index is 12.5. The van der Waals surface area contributed by atoms with Gasteiger partial charge < -0.3 is 10.0 Å². The minimum atomic E-state index is -3.45. The van der Waals surface area contributed by atoms with Gasteiger partial charge in [-0.05, 0) is 36.2 Å². The third kappa shape index (κ3) is 3.41. The van der Waals surface area contributed by atoms with E-state index in [2.05, 4.69) is 4.99 Å². The molecule has 1 saturated heterocycles. The van der Waals surface area contributed by atoms with E-state index >= 15 is 0 Å². The highest BCUT2D eigenvalue weighted by Crippen LogP contribution is 2.53. The molecular weight excluding hydrogens is 480 g/mol. The molecule has 0 amide bonds. The van der Waals surface area contributed by atoms with Gasteiger partial charge in [-0.1, -0.05) is 41.7 Å². The highest BCUT2D eigenvalue weighted by molar-refractivity contribution is 8.93. The third-order valence-corrected chi connectivity index (χ3v) is 8.81. The maximum Gasteiger partial charge on any atom is 0.178 e. The molecule has 0 spiro atoms. The molecule has 150 valence electrons. The second-order valence-electron chi connectivity index (χ2n) is 6.75. The molecule has 9 heteroatoms. The lowest BCUT2D eigenvalue weighted by molar-refractivity contribution is -0.0498. The van der Waals surface area contributed by atoms with Crippen molar-refractivity contribution in [2.24, 2.45) is 4.99 Å². The Bertz CT molecular complexity index is 1040. The molecule has 1 N–H and O–H groups in total. The van der Waals surface area contributed by atoms with Gasteiger partial charge in [0, 0.05) is 35.7 Å². The molecule has 0 aromatic heterocycles. The monoisotopic (exact) mass is 500 g/mol. The van der Waals surface area contributed by atoms with Gasteiger partial charge in [-0.15, -0.1) is 17.0 Å². The van der Waals surface area contributed by atoms with Gasteiger partial charge in [0.1, 0.15) is 0 Å². The zero-order valence-corrected chi connectivity index (χ0v) is 19.8. The topological polar surface area (TPSA) is 70.0 Å². The average molecular weight is 501 g/mol. The van der Waals surface area contributed by atoms with Gasteiger partial charge in [-0.3, -0.25) is 4.99 Å². The normalized spacial score (nSPS) is 24.8. The van der Waals surface area contributed by atoms with E-state index < -0.39 is 15.6 Å². The van der Waals surface area contributed by atoms with Crippen LogP contribution in [0.4, 0.5) is 0 Å². The zero-order valence-electron chi connectivity index (χ0n) is 15.6.